The molecule has 0 saturated heterocycles. The first-order valence-electron chi connectivity index (χ1n) is 5.38. The van der Waals surface area contributed by atoms with Crippen LogP contribution in [0.25, 0.3) is 17.2 Å². The predicted octanol–water partition coefficient (Wildman–Crippen LogP) is 3.05. The van der Waals surface area contributed by atoms with Gasteiger partial charge in [-0.2, -0.15) is 0 Å². The molecule has 0 saturated carbocycles. The Bertz CT molecular complexity index is 581. The lowest BCUT2D eigenvalue weighted by molar-refractivity contribution is -0.131. The van der Waals surface area contributed by atoms with E-state index in [1.165, 1.54) is 11.6 Å². The van der Waals surface area contributed by atoms with Crippen LogP contribution in [0.15, 0.2) is 28.7 Å². The van der Waals surface area contributed by atoms with Crippen LogP contribution in [0.2, 0.25) is 0 Å². The van der Waals surface area contributed by atoms with Gasteiger partial charge in [0.1, 0.15) is 5.52 Å². The van der Waals surface area contributed by atoms with Crippen molar-refractivity contribution in [2.75, 3.05) is 0 Å². The van der Waals surface area contributed by atoms with Crippen molar-refractivity contribution in [3.05, 3.63) is 35.7 Å². The van der Waals surface area contributed by atoms with E-state index < -0.39 is 5.97 Å². The van der Waals surface area contributed by atoms with Gasteiger partial charge in [0.15, 0.2) is 5.58 Å². The normalized spacial score (nSPS) is 11.7. The standard InChI is InChI=1S/C13H13NO3/c1-8(2)9-3-4-11-10(7-9)14-12(17-11)5-6-13(15)16/h3-8H,1-2H3,(H,15,16)/b6-5+. The van der Waals surface area contributed by atoms with Crippen molar-refractivity contribution < 1.29 is 14.3 Å². The molecular weight excluding hydrogens is 218 g/mol. The molecule has 2 aromatic rings. The first kappa shape index (κ1) is 11.4. The van der Waals surface area contributed by atoms with Crippen molar-refractivity contribution in [1.29, 1.82) is 0 Å². The summed E-state index contributed by atoms with van der Waals surface area (Å²) in [5.74, 6) is -0.285. The molecule has 0 aliphatic rings. The third kappa shape index (κ3) is 2.53. The average molecular weight is 231 g/mol. The Morgan fingerprint density at radius 1 is 1.47 bits per heavy atom. The summed E-state index contributed by atoms with van der Waals surface area (Å²) in [5, 5.41) is 8.51. The molecule has 1 N–H and O–H groups in total. The molecule has 17 heavy (non-hydrogen) atoms. The summed E-state index contributed by atoms with van der Waals surface area (Å²) >= 11 is 0. The highest BCUT2D eigenvalue weighted by Gasteiger charge is 2.06. The minimum absolute atomic E-state index is 0.309. The van der Waals surface area contributed by atoms with Gasteiger partial charge in [0, 0.05) is 12.2 Å². The minimum Gasteiger partial charge on any atom is -0.478 e. The Balaban J connectivity index is 2.40. The van der Waals surface area contributed by atoms with Gasteiger partial charge in [-0.1, -0.05) is 19.9 Å². The molecule has 0 amide bonds. The molecule has 0 atom stereocenters. The molecule has 1 aromatic carbocycles. The van der Waals surface area contributed by atoms with E-state index in [4.69, 9.17) is 9.52 Å². The van der Waals surface area contributed by atoms with Crippen molar-refractivity contribution >= 4 is 23.1 Å². The Morgan fingerprint density at radius 2 is 2.24 bits per heavy atom. The van der Waals surface area contributed by atoms with E-state index >= 15 is 0 Å². The molecule has 0 spiro atoms. The van der Waals surface area contributed by atoms with Crippen LogP contribution in [-0.4, -0.2) is 16.1 Å². The molecule has 1 heterocycles. The molecule has 0 aliphatic carbocycles. The number of fused-ring (bicyclic) bond motifs is 1. The molecule has 88 valence electrons. The zero-order valence-electron chi connectivity index (χ0n) is 9.68. The van der Waals surface area contributed by atoms with Gasteiger partial charge in [-0.25, -0.2) is 9.78 Å². The number of oxazole rings is 1. The first-order chi connectivity index (χ1) is 8.06. The van der Waals surface area contributed by atoms with E-state index in [1.807, 2.05) is 18.2 Å². The molecular formula is C13H13NO3. The van der Waals surface area contributed by atoms with Gasteiger partial charge in [0.25, 0.3) is 0 Å². The number of rotatable bonds is 3. The summed E-state index contributed by atoms with van der Waals surface area (Å²) in [7, 11) is 0. The van der Waals surface area contributed by atoms with E-state index in [1.54, 1.807) is 0 Å². The summed E-state index contributed by atoms with van der Waals surface area (Å²) in [6.45, 7) is 4.21. The quantitative estimate of drug-likeness (QED) is 0.824. The fourth-order valence-electron chi connectivity index (χ4n) is 1.54. The number of aliphatic carboxylic acids is 1. The molecule has 0 radical (unpaired) electrons. The van der Waals surface area contributed by atoms with Crippen molar-refractivity contribution in [3.63, 3.8) is 0 Å². The van der Waals surface area contributed by atoms with E-state index in [-0.39, 0.29) is 0 Å². The van der Waals surface area contributed by atoms with Crippen LogP contribution in [-0.2, 0) is 4.79 Å². The molecule has 0 unspecified atom stereocenters. The maximum atomic E-state index is 10.4. The molecule has 2 rings (SSSR count). The number of benzene rings is 1. The van der Waals surface area contributed by atoms with Crippen LogP contribution in [0.5, 0.6) is 0 Å². The Labute approximate surface area is 98.6 Å². The second-order valence-corrected chi connectivity index (χ2v) is 4.11. The fourth-order valence-corrected chi connectivity index (χ4v) is 1.54. The van der Waals surface area contributed by atoms with Crippen LogP contribution in [0.1, 0.15) is 31.2 Å². The Morgan fingerprint density at radius 3 is 2.88 bits per heavy atom. The van der Waals surface area contributed by atoms with Gasteiger partial charge in [0.2, 0.25) is 5.89 Å². The summed E-state index contributed by atoms with van der Waals surface area (Å²) < 4.78 is 5.39. The molecule has 0 aliphatic heterocycles. The van der Waals surface area contributed by atoms with Gasteiger partial charge in [-0.3, -0.25) is 0 Å². The van der Waals surface area contributed by atoms with Crippen LogP contribution in [0, 0.1) is 0 Å². The number of hydrogen-bond donors (Lipinski definition) is 1. The summed E-state index contributed by atoms with van der Waals surface area (Å²) in [5.41, 5.74) is 2.60. The zero-order valence-corrected chi connectivity index (χ0v) is 9.68. The summed E-state index contributed by atoms with van der Waals surface area (Å²) in [6, 6.07) is 5.81. The summed E-state index contributed by atoms with van der Waals surface area (Å²) in [4.78, 5) is 14.6. The maximum absolute atomic E-state index is 10.4. The molecule has 1 aromatic heterocycles. The van der Waals surface area contributed by atoms with Crippen LogP contribution >= 0.6 is 0 Å². The lowest BCUT2D eigenvalue weighted by atomic mass is 10.0. The topological polar surface area (TPSA) is 63.3 Å². The van der Waals surface area contributed by atoms with Crippen molar-refractivity contribution in [3.8, 4) is 0 Å². The largest absolute Gasteiger partial charge is 0.478 e. The van der Waals surface area contributed by atoms with Crippen LogP contribution < -0.4 is 0 Å². The first-order valence-corrected chi connectivity index (χ1v) is 5.38. The van der Waals surface area contributed by atoms with Gasteiger partial charge >= 0.3 is 5.97 Å². The number of hydrogen-bond acceptors (Lipinski definition) is 3. The summed E-state index contributed by atoms with van der Waals surface area (Å²) in [6.07, 6.45) is 2.35. The number of carboxylic acid groups (broad SMARTS) is 1. The van der Waals surface area contributed by atoms with E-state index in [9.17, 15) is 4.79 Å². The highest BCUT2D eigenvalue weighted by molar-refractivity contribution is 5.85. The SMILES string of the molecule is CC(C)c1ccc2oc(/C=C/C(=O)O)nc2c1. The fraction of sp³-hybridized carbons (Fsp3) is 0.231. The van der Waals surface area contributed by atoms with Gasteiger partial charge in [0.05, 0.1) is 0 Å². The zero-order chi connectivity index (χ0) is 12.4. The second-order valence-electron chi connectivity index (χ2n) is 4.11. The van der Waals surface area contributed by atoms with Gasteiger partial charge in [-0.05, 0) is 23.6 Å². The van der Waals surface area contributed by atoms with Crippen molar-refractivity contribution in [2.45, 2.75) is 19.8 Å². The van der Waals surface area contributed by atoms with E-state index in [0.29, 0.717) is 17.4 Å². The van der Waals surface area contributed by atoms with E-state index in [2.05, 4.69) is 18.8 Å². The number of carbonyl (C=O) groups is 1. The highest BCUT2D eigenvalue weighted by atomic mass is 16.4. The Hall–Kier alpha value is -2.10. The van der Waals surface area contributed by atoms with E-state index in [0.717, 1.165) is 11.6 Å². The lowest BCUT2D eigenvalue weighted by Crippen LogP contribution is -1.86. The molecule has 4 heteroatoms. The van der Waals surface area contributed by atoms with Gasteiger partial charge in [-0.15, -0.1) is 0 Å². The smallest absolute Gasteiger partial charge is 0.328 e. The maximum Gasteiger partial charge on any atom is 0.328 e. The third-order valence-electron chi connectivity index (χ3n) is 2.46. The Kier molecular flexibility index (Phi) is 2.95. The third-order valence-corrected chi connectivity index (χ3v) is 2.46. The highest BCUT2D eigenvalue weighted by Crippen LogP contribution is 2.22. The monoisotopic (exact) mass is 231 g/mol. The molecule has 0 bridgehead atoms. The second kappa shape index (κ2) is 4.41. The van der Waals surface area contributed by atoms with Crippen LogP contribution in [0.3, 0.4) is 0 Å². The molecule has 0 fully saturated rings. The number of aromatic nitrogens is 1. The number of carboxylic acids is 1. The van der Waals surface area contributed by atoms with Gasteiger partial charge < -0.3 is 9.52 Å². The van der Waals surface area contributed by atoms with Crippen LogP contribution in [0.4, 0.5) is 0 Å². The van der Waals surface area contributed by atoms with Crippen molar-refractivity contribution in [1.82, 2.24) is 4.98 Å². The molecule has 4 nitrogen and oxygen atoms in total. The predicted molar refractivity (Wildman–Crippen MR) is 64.8 cm³/mol. The minimum atomic E-state index is -1.02. The number of nitrogens with zero attached hydrogens (tertiary/aromatic N) is 1. The average Bonchev–Trinajstić information content (AvgIpc) is 2.67. The van der Waals surface area contributed by atoms with Crippen molar-refractivity contribution in [2.24, 2.45) is 0 Å². The lowest BCUT2D eigenvalue weighted by Gasteiger charge is -2.02.